The fraction of sp³-hybridized carbons (Fsp3) is 0.867. The van der Waals surface area contributed by atoms with Crippen LogP contribution in [0.3, 0.4) is 0 Å². The van der Waals surface area contributed by atoms with Crippen LogP contribution in [0.25, 0.3) is 0 Å². The summed E-state index contributed by atoms with van der Waals surface area (Å²) in [4.78, 5) is 27.6. The van der Waals surface area contributed by atoms with Gasteiger partial charge in [0.1, 0.15) is 0 Å². The van der Waals surface area contributed by atoms with E-state index in [2.05, 4.69) is 22.8 Å². The molecule has 0 aliphatic carbocycles. The van der Waals surface area contributed by atoms with Gasteiger partial charge in [0.15, 0.2) is 0 Å². The van der Waals surface area contributed by atoms with Crippen molar-refractivity contribution in [3.63, 3.8) is 0 Å². The molecule has 1 heterocycles. The van der Waals surface area contributed by atoms with Crippen LogP contribution in [0.4, 0.5) is 0 Å². The van der Waals surface area contributed by atoms with E-state index in [0.717, 1.165) is 45.7 Å². The van der Waals surface area contributed by atoms with E-state index in [0.29, 0.717) is 12.3 Å². The number of hydrogen-bond donors (Lipinski definition) is 2. The Bertz CT molecular complexity index is 340. The van der Waals surface area contributed by atoms with Gasteiger partial charge in [0.2, 0.25) is 11.8 Å². The molecule has 1 rings (SSSR count). The van der Waals surface area contributed by atoms with E-state index in [1.54, 1.807) is 0 Å². The SMILES string of the molecule is CC(C)CC(=O)NCCCN1CCN(C(=O)C(C)S)CC1. The van der Waals surface area contributed by atoms with E-state index in [1.165, 1.54) is 0 Å². The first-order chi connectivity index (χ1) is 9.90. The fourth-order valence-corrected chi connectivity index (χ4v) is 2.59. The Morgan fingerprint density at radius 3 is 2.29 bits per heavy atom. The molecule has 1 fully saturated rings. The minimum absolute atomic E-state index is 0.124. The van der Waals surface area contributed by atoms with Crippen LogP contribution in [0, 0.1) is 5.92 Å². The maximum atomic E-state index is 11.8. The molecule has 21 heavy (non-hydrogen) atoms. The lowest BCUT2D eigenvalue weighted by molar-refractivity contribution is -0.132. The molecule has 0 bridgehead atoms. The molecule has 1 aliphatic heterocycles. The highest BCUT2D eigenvalue weighted by molar-refractivity contribution is 7.81. The Labute approximate surface area is 133 Å². The van der Waals surface area contributed by atoms with Crippen molar-refractivity contribution in [2.45, 2.75) is 38.9 Å². The molecular formula is C15H29N3O2S. The van der Waals surface area contributed by atoms with Gasteiger partial charge in [0.25, 0.3) is 0 Å². The molecule has 122 valence electrons. The topological polar surface area (TPSA) is 52.7 Å². The summed E-state index contributed by atoms with van der Waals surface area (Å²) in [5, 5.41) is 2.74. The molecular weight excluding hydrogens is 286 g/mol. The number of carbonyl (C=O) groups is 2. The predicted molar refractivity (Wildman–Crippen MR) is 88.5 cm³/mol. The molecule has 1 aliphatic rings. The van der Waals surface area contributed by atoms with Crippen LogP contribution < -0.4 is 5.32 Å². The van der Waals surface area contributed by atoms with Crippen molar-refractivity contribution in [3.8, 4) is 0 Å². The van der Waals surface area contributed by atoms with Gasteiger partial charge < -0.3 is 10.2 Å². The van der Waals surface area contributed by atoms with Crippen LogP contribution >= 0.6 is 12.6 Å². The molecule has 0 aromatic rings. The number of rotatable bonds is 7. The third kappa shape index (κ3) is 7.18. The van der Waals surface area contributed by atoms with E-state index in [9.17, 15) is 9.59 Å². The molecule has 0 saturated carbocycles. The van der Waals surface area contributed by atoms with Crippen molar-refractivity contribution in [2.75, 3.05) is 39.3 Å². The molecule has 0 aromatic heterocycles. The monoisotopic (exact) mass is 315 g/mol. The first-order valence-corrected chi connectivity index (χ1v) is 8.37. The molecule has 1 atom stereocenters. The molecule has 5 nitrogen and oxygen atoms in total. The van der Waals surface area contributed by atoms with Gasteiger partial charge in [-0.25, -0.2) is 0 Å². The van der Waals surface area contributed by atoms with E-state index in [-0.39, 0.29) is 17.1 Å². The molecule has 2 amide bonds. The Hall–Kier alpha value is -0.750. The molecule has 1 unspecified atom stereocenters. The average Bonchev–Trinajstić information content (AvgIpc) is 2.42. The number of nitrogens with zero attached hydrogens (tertiary/aromatic N) is 2. The van der Waals surface area contributed by atoms with E-state index in [4.69, 9.17) is 0 Å². The van der Waals surface area contributed by atoms with Gasteiger partial charge in [0.05, 0.1) is 5.25 Å². The van der Waals surface area contributed by atoms with Crippen molar-refractivity contribution in [3.05, 3.63) is 0 Å². The Kier molecular flexibility index (Phi) is 8.11. The number of amides is 2. The fourth-order valence-electron chi connectivity index (χ4n) is 2.43. The summed E-state index contributed by atoms with van der Waals surface area (Å²) in [6.45, 7) is 11.0. The molecule has 1 saturated heterocycles. The lowest BCUT2D eigenvalue weighted by Gasteiger charge is -2.35. The Balaban J connectivity index is 2.11. The molecule has 1 N–H and O–H groups in total. The van der Waals surface area contributed by atoms with Crippen molar-refractivity contribution < 1.29 is 9.59 Å². The summed E-state index contributed by atoms with van der Waals surface area (Å²) in [5.41, 5.74) is 0. The largest absolute Gasteiger partial charge is 0.356 e. The van der Waals surface area contributed by atoms with Crippen LogP contribution in [-0.4, -0.2) is 66.1 Å². The molecule has 6 heteroatoms. The highest BCUT2D eigenvalue weighted by Crippen LogP contribution is 2.07. The van der Waals surface area contributed by atoms with Gasteiger partial charge in [-0.3, -0.25) is 14.5 Å². The quantitative estimate of drug-likeness (QED) is 0.544. The normalized spacial score (nSPS) is 17.9. The van der Waals surface area contributed by atoms with Crippen molar-refractivity contribution >= 4 is 24.4 Å². The van der Waals surface area contributed by atoms with Gasteiger partial charge >= 0.3 is 0 Å². The smallest absolute Gasteiger partial charge is 0.235 e. The number of piperazine rings is 1. The van der Waals surface area contributed by atoms with Crippen LogP contribution in [0.2, 0.25) is 0 Å². The second-order valence-electron chi connectivity index (χ2n) is 6.14. The van der Waals surface area contributed by atoms with Gasteiger partial charge in [-0.1, -0.05) is 13.8 Å². The maximum absolute atomic E-state index is 11.8. The van der Waals surface area contributed by atoms with E-state index in [1.807, 2.05) is 25.7 Å². The zero-order valence-corrected chi connectivity index (χ0v) is 14.4. The first kappa shape index (κ1) is 18.3. The summed E-state index contributed by atoms with van der Waals surface area (Å²) in [7, 11) is 0. The van der Waals surface area contributed by atoms with E-state index < -0.39 is 0 Å². The van der Waals surface area contributed by atoms with Crippen LogP contribution in [0.1, 0.15) is 33.6 Å². The predicted octanol–water partition coefficient (Wildman–Crippen LogP) is 1.00. The molecule has 0 aromatic carbocycles. The third-order valence-electron chi connectivity index (χ3n) is 3.61. The summed E-state index contributed by atoms with van der Waals surface area (Å²) in [6, 6.07) is 0. The van der Waals surface area contributed by atoms with Crippen LogP contribution in [0.15, 0.2) is 0 Å². The number of carbonyl (C=O) groups excluding carboxylic acids is 2. The zero-order valence-electron chi connectivity index (χ0n) is 13.5. The lowest BCUT2D eigenvalue weighted by atomic mass is 10.1. The second-order valence-corrected chi connectivity index (χ2v) is 6.92. The lowest BCUT2D eigenvalue weighted by Crippen LogP contribution is -2.50. The third-order valence-corrected chi connectivity index (χ3v) is 3.83. The zero-order chi connectivity index (χ0) is 15.8. The summed E-state index contributed by atoms with van der Waals surface area (Å²) in [6.07, 6.45) is 1.56. The van der Waals surface area contributed by atoms with Crippen LogP contribution in [0.5, 0.6) is 0 Å². The second kappa shape index (κ2) is 9.30. The maximum Gasteiger partial charge on any atom is 0.235 e. The summed E-state index contributed by atoms with van der Waals surface area (Å²) in [5.74, 6) is 0.673. The standard InChI is InChI=1S/C15H29N3O2S/c1-12(2)11-14(19)16-5-4-6-17-7-9-18(10-8-17)15(20)13(3)21/h12-13,21H,4-11H2,1-3H3,(H,16,19). The van der Waals surface area contributed by atoms with Crippen molar-refractivity contribution in [1.29, 1.82) is 0 Å². The number of nitrogens with one attached hydrogen (secondary N) is 1. The van der Waals surface area contributed by atoms with Gasteiger partial charge in [0, 0.05) is 39.1 Å². The highest BCUT2D eigenvalue weighted by atomic mass is 32.1. The minimum Gasteiger partial charge on any atom is -0.356 e. The van der Waals surface area contributed by atoms with Gasteiger partial charge in [-0.15, -0.1) is 0 Å². The summed E-state index contributed by atoms with van der Waals surface area (Å²) < 4.78 is 0. The van der Waals surface area contributed by atoms with Gasteiger partial charge in [-0.2, -0.15) is 12.6 Å². The Morgan fingerprint density at radius 2 is 1.76 bits per heavy atom. The van der Waals surface area contributed by atoms with Crippen LogP contribution in [-0.2, 0) is 9.59 Å². The molecule has 0 radical (unpaired) electrons. The highest BCUT2D eigenvalue weighted by Gasteiger charge is 2.22. The first-order valence-electron chi connectivity index (χ1n) is 7.86. The van der Waals surface area contributed by atoms with Gasteiger partial charge in [-0.05, 0) is 25.8 Å². The van der Waals surface area contributed by atoms with E-state index >= 15 is 0 Å². The van der Waals surface area contributed by atoms with Crippen molar-refractivity contribution in [2.24, 2.45) is 5.92 Å². The minimum atomic E-state index is -0.215. The van der Waals surface area contributed by atoms with Crippen molar-refractivity contribution in [1.82, 2.24) is 15.1 Å². The average molecular weight is 315 g/mol. The number of hydrogen-bond acceptors (Lipinski definition) is 4. The Morgan fingerprint density at radius 1 is 1.14 bits per heavy atom. The number of thiol groups is 1. The molecule has 0 spiro atoms. The summed E-state index contributed by atoms with van der Waals surface area (Å²) >= 11 is 4.19.